The summed E-state index contributed by atoms with van der Waals surface area (Å²) < 4.78 is 5.55. The summed E-state index contributed by atoms with van der Waals surface area (Å²) in [5.41, 5.74) is 4.59. The average Bonchev–Trinajstić information content (AvgIpc) is 2.81. The molecule has 1 amide bonds. The predicted octanol–water partition coefficient (Wildman–Crippen LogP) is 4.24. The van der Waals surface area contributed by atoms with Crippen LogP contribution in [0.1, 0.15) is 50.3 Å². The summed E-state index contributed by atoms with van der Waals surface area (Å²) in [6.07, 6.45) is 7.76. The smallest absolute Gasteiger partial charge is 0.223 e. The monoisotopic (exact) mass is 436 g/mol. The molecule has 0 bridgehead atoms. The molecule has 0 unspecified atom stereocenters. The quantitative estimate of drug-likeness (QED) is 0.720. The fourth-order valence-electron chi connectivity index (χ4n) is 4.74. The van der Waals surface area contributed by atoms with Gasteiger partial charge in [0.05, 0.1) is 18.9 Å². The number of nitrogens with zero attached hydrogens (tertiary/aromatic N) is 4. The largest absolute Gasteiger partial charge is 0.378 e. The normalized spacial score (nSPS) is 19.0. The minimum atomic E-state index is 0.124. The molecule has 2 aliphatic rings. The Kier molecular flexibility index (Phi) is 8.13. The highest BCUT2D eigenvalue weighted by atomic mass is 16.5. The van der Waals surface area contributed by atoms with E-state index in [2.05, 4.69) is 45.1 Å². The second-order valence-electron chi connectivity index (χ2n) is 8.88. The van der Waals surface area contributed by atoms with Crippen molar-refractivity contribution in [1.82, 2.24) is 9.88 Å². The Labute approximate surface area is 192 Å². The van der Waals surface area contributed by atoms with Gasteiger partial charge in [0.15, 0.2) is 0 Å². The molecule has 0 spiro atoms. The Balaban J connectivity index is 1.67. The van der Waals surface area contributed by atoms with E-state index in [0.29, 0.717) is 0 Å². The molecule has 1 saturated heterocycles. The van der Waals surface area contributed by atoms with Crippen LogP contribution in [0.2, 0.25) is 0 Å². The lowest BCUT2D eigenvalue weighted by molar-refractivity contribution is -0.116. The third-order valence-corrected chi connectivity index (χ3v) is 6.47. The summed E-state index contributed by atoms with van der Waals surface area (Å²) >= 11 is 0. The van der Waals surface area contributed by atoms with Crippen molar-refractivity contribution in [2.45, 2.75) is 52.1 Å². The number of rotatable bonds is 3. The third kappa shape index (κ3) is 6.08. The number of hydrogen-bond acceptors (Lipinski definition) is 5. The Morgan fingerprint density at radius 3 is 2.50 bits per heavy atom. The predicted molar refractivity (Wildman–Crippen MR) is 129 cm³/mol. The molecule has 0 radical (unpaired) electrons. The van der Waals surface area contributed by atoms with Gasteiger partial charge in [0.2, 0.25) is 5.91 Å². The van der Waals surface area contributed by atoms with Crippen LogP contribution < -0.4 is 9.80 Å². The molecular weight excluding hydrogens is 400 g/mol. The minimum absolute atomic E-state index is 0.124. The molecule has 1 aromatic carbocycles. The number of ether oxygens (including phenoxy) is 1. The van der Waals surface area contributed by atoms with Crippen LogP contribution in [-0.4, -0.2) is 55.2 Å². The van der Waals surface area contributed by atoms with Gasteiger partial charge < -0.3 is 14.5 Å². The molecule has 0 N–H and O–H groups in total. The van der Waals surface area contributed by atoms with Crippen LogP contribution in [0.5, 0.6) is 0 Å². The highest BCUT2D eigenvalue weighted by Crippen LogP contribution is 2.30. The van der Waals surface area contributed by atoms with Crippen LogP contribution in [0, 0.1) is 0 Å². The van der Waals surface area contributed by atoms with Gasteiger partial charge in [0.1, 0.15) is 0 Å². The lowest BCUT2D eigenvalue weighted by Crippen LogP contribution is -2.36. The number of pyridine rings is 1. The Hall–Kier alpha value is -2.44. The Bertz CT molecular complexity index is 867. The number of hydrogen-bond donors (Lipinski definition) is 0. The highest BCUT2D eigenvalue weighted by molar-refractivity contribution is 5.92. The number of benzene rings is 1. The number of aromatic nitrogens is 1. The van der Waals surface area contributed by atoms with Crippen LogP contribution in [0.3, 0.4) is 0 Å². The molecule has 3 heterocycles. The SMILES string of the molecule is CC(=O)N1CCCCCCCN(Cc2ccccn2)Cc2cc(N3CCOCC3)ccc21. The highest BCUT2D eigenvalue weighted by Gasteiger charge is 2.21. The molecule has 4 rings (SSSR count). The van der Waals surface area contributed by atoms with Gasteiger partial charge in [-0.15, -0.1) is 0 Å². The van der Waals surface area contributed by atoms with E-state index in [4.69, 9.17) is 4.74 Å². The molecule has 32 heavy (non-hydrogen) atoms. The second-order valence-corrected chi connectivity index (χ2v) is 8.88. The summed E-state index contributed by atoms with van der Waals surface area (Å²) in [6, 6.07) is 12.8. The number of carbonyl (C=O) groups is 1. The zero-order valence-electron chi connectivity index (χ0n) is 19.3. The molecule has 2 aromatic rings. The second kappa shape index (κ2) is 11.4. The maximum atomic E-state index is 12.6. The Morgan fingerprint density at radius 2 is 1.75 bits per heavy atom. The molecule has 0 atom stereocenters. The summed E-state index contributed by atoms with van der Waals surface area (Å²) in [4.78, 5) is 24.0. The van der Waals surface area contributed by atoms with Gasteiger partial charge in [-0.05, 0) is 55.3 Å². The first-order chi connectivity index (χ1) is 15.7. The van der Waals surface area contributed by atoms with Crippen molar-refractivity contribution >= 4 is 17.3 Å². The molecule has 6 heteroatoms. The number of fused-ring (bicyclic) bond motifs is 1. The molecule has 0 saturated carbocycles. The first-order valence-corrected chi connectivity index (χ1v) is 12.1. The molecule has 1 fully saturated rings. The van der Waals surface area contributed by atoms with Crippen molar-refractivity contribution in [3.05, 3.63) is 53.9 Å². The maximum absolute atomic E-state index is 12.6. The Morgan fingerprint density at radius 1 is 0.969 bits per heavy atom. The van der Waals surface area contributed by atoms with E-state index in [1.807, 2.05) is 17.2 Å². The van der Waals surface area contributed by atoms with Crippen molar-refractivity contribution in [2.75, 3.05) is 49.2 Å². The summed E-state index contributed by atoms with van der Waals surface area (Å²) in [5, 5.41) is 0. The molecule has 2 aliphatic heterocycles. The third-order valence-electron chi connectivity index (χ3n) is 6.47. The van der Waals surface area contributed by atoms with E-state index >= 15 is 0 Å². The van der Waals surface area contributed by atoms with Crippen molar-refractivity contribution in [3.63, 3.8) is 0 Å². The van der Waals surface area contributed by atoms with Crippen LogP contribution in [-0.2, 0) is 22.6 Å². The van der Waals surface area contributed by atoms with E-state index in [1.165, 1.54) is 36.9 Å². The standard InChI is InChI=1S/C26H36N4O2/c1-22(31)30-14-8-4-2-3-7-13-28(21-24-9-5-6-12-27-24)20-23-19-25(10-11-26(23)30)29-15-17-32-18-16-29/h5-6,9-12,19H,2-4,7-8,13-18,20-21H2,1H3. The van der Waals surface area contributed by atoms with Crippen molar-refractivity contribution < 1.29 is 9.53 Å². The van der Waals surface area contributed by atoms with Crippen LogP contribution >= 0.6 is 0 Å². The summed E-state index contributed by atoms with van der Waals surface area (Å²) in [6.45, 7) is 8.51. The van der Waals surface area contributed by atoms with Crippen LogP contribution in [0.15, 0.2) is 42.6 Å². The fraction of sp³-hybridized carbons (Fsp3) is 0.538. The first-order valence-electron chi connectivity index (χ1n) is 12.1. The van der Waals surface area contributed by atoms with Crippen molar-refractivity contribution in [3.8, 4) is 0 Å². The maximum Gasteiger partial charge on any atom is 0.223 e. The number of anilines is 2. The number of amides is 1. The molecular formula is C26H36N4O2. The van der Waals surface area contributed by atoms with E-state index in [0.717, 1.165) is 70.3 Å². The van der Waals surface area contributed by atoms with Gasteiger partial charge in [-0.1, -0.05) is 25.3 Å². The van der Waals surface area contributed by atoms with Crippen molar-refractivity contribution in [1.29, 1.82) is 0 Å². The molecule has 172 valence electrons. The zero-order valence-corrected chi connectivity index (χ0v) is 19.3. The summed E-state index contributed by atoms with van der Waals surface area (Å²) in [5.74, 6) is 0.124. The van der Waals surface area contributed by atoms with Gasteiger partial charge in [-0.3, -0.25) is 14.7 Å². The van der Waals surface area contributed by atoms with Gasteiger partial charge in [0.25, 0.3) is 0 Å². The number of morpholine rings is 1. The molecule has 6 nitrogen and oxygen atoms in total. The lowest BCUT2D eigenvalue weighted by atomic mass is 10.1. The lowest BCUT2D eigenvalue weighted by Gasteiger charge is -2.32. The first kappa shape index (κ1) is 22.7. The van der Waals surface area contributed by atoms with Gasteiger partial charge >= 0.3 is 0 Å². The molecule has 0 aliphatic carbocycles. The summed E-state index contributed by atoms with van der Waals surface area (Å²) in [7, 11) is 0. The van der Waals surface area contributed by atoms with Gasteiger partial charge in [0, 0.05) is 57.2 Å². The van der Waals surface area contributed by atoms with Crippen molar-refractivity contribution in [2.24, 2.45) is 0 Å². The minimum Gasteiger partial charge on any atom is -0.378 e. The average molecular weight is 437 g/mol. The van der Waals surface area contributed by atoms with E-state index < -0.39 is 0 Å². The number of carbonyl (C=O) groups excluding carboxylic acids is 1. The van der Waals surface area contributed by atoms with E-state index in [9.17, 15) is 4.79 Å². The molecule has 1 aromatic heterocycles. The van der Waals surface area contributed by atoms with Gasteiger partial charge in [-0.2, -0.15) is 0 Å². The zero-order chi connectivity index (χ0) is 22.2. The van der Waals surface area contributed by atoms with E-state index in [1.54, 1.807) is 6.92 Å². The fourth-order valence-corrected chi connectivity index (χ4v) is 4.74. The van der Waals surface area contributed by atoms with Crippen LogP contribution in [0.4, 0.5) is 11.4 Å². The topological polar surface area (TPSA) is 48.9 Å². The van der Waals surface area contributed by atoms with Crippen LogP contribution in [0.25, 0.3) is 0 Å². The van der Waals surface area contributed by atoms with E-state index in [-0.39, 0.29) is 5.91 Å². The van der Waals surface area contributed by atoms with Gasteiger partial charge in [-0.25, -0.2) is 0 Å².